The lowest BCUT2D eigenvalue weighted by Crippen LogP contribution is -2.49. The number of fused-ring (bicyclic) bond motifs is 2. The third kappa shape index (κ3) is 4.06. The third-order valence-electron chi connectivity index (χ3n) is 5.52. The average molecular weight is 359 g/mol. The first-order valence-electron chi connectivity index (χ1n) is 8.52. The van der Waals surface area contributed by atoms with Gasteiger partial charge in [-0.15, -0.1) is 12.4 Å². The Bertz CT molecular complexity index is 550. The van der Waals surface area contributed by atoms with Crippen LogP contribution in [0.1, 0.15) is 37.7 Å². The summed E-state index contributed by atoms with van der Waals surface area (Å²) in [7, 11) is 0. The molecule has 3 nitrogen and oxygen atoms in total. The van der Waals surface area contributed by atoms with Gasteiger partial charge in [-0.05, 0) is 56.1 Å². The van der Waals surface area contributed by atoms with Gasteiger partial charge in [0.05, 0.1) is 0 Å². The van der Waals surface area contributed by atoms with Crippen LogP contribution in [0.25, 0.3) is 0 Å². The smallest absolute Gasteiger partial charge is 0.223 e. The number of benzene rings is 1. The molecule has 1 aromatic rings. The summed E-state index contributed by atoms with van der Waals surface area (Å²) in [5.41, 5.74) is 6.28. The Hall–Kier alpha value is -1.20. The largest absolute Gasteiger partial charge is 0.356 e. The van der Waals surface area contributed by atoms with Gasteiger partial charge in [0.15, 0.2) is 0 Å². The van der Waals surface area contributed by atoms with Crippen molar-refractivity contribution in [2.75, 3.05) is 6.54 Å². The Kier molecular flexibility index (Phi) is 6.58. The number of hydrogen-bond acceptors (Lipinski definition) is 2. The molecule has 0 radical (unpaired) electrons. The summed E-state index contributed by atoms with van der Waals surface area (Å²) in [5.74, 6) is -0.222. The van der Waals surface area contributed by atoms with Crippen LogP contribution < -0.4 is 11.1 Å². The van der Waals surface area contributed by atoms with Gasteiger partial charge in [-0.25, -0.2) is 8.78 Å². The summed E-state index contributed by atoms with van der Waals surface area (Å²) in [6.07, 6.45) is 5.30. The zero-order valence-corrected chi connectivity index (χ0v) is 14.5. The Labute approximate surface area is 147 Å². The maximum atomic E-state index is 13.6. The molecule has 2 atom stereocenters. The Morgan fingerprint density at radius 3 is 2.33 bits per heavy atom. The second-order valence-corrected chi connectivity index (χ2v) is 6.94. The summed E-state index contributed by atoms with van der Waals surface area (Å²) in [4.78, 5) is 12.4. The van der Waals surface area contributed by atoms with Crippen molar-refractivity contribution >= 4 is 18.3 Å². The van der Waals surface area contributed by atoms with Crippen molar-refractivity contribution in [1.29, 1.82) is 0 Å². The lowest BCUT2D eigenvalue weighted by atomic mass is 9.65. The van der Waals surface area contributed by atoms with E-state index in [0.29, 0.717) is 11.8 Å². The highest BCUT2D eigenvalue weighted by Gasteiger charge is 2.40. The molecule has 0 aromatic heterocycles. The first-order valence-corrected chi connectivity index (χ1v) is 8.52. The van der Waals surface area contributed by atoms with Crippen molar-refractivity contribution in [3.05, 3.63) is 35.4 Å². The first-order chi connectivity index (χ1) is 11.1. The number of carbonyl (C=O) groups is 1. The van der Waals surface area contributed by atoms with Crippen LogP contribution in [0.5, 0.6) is 0 Å². The van der Waals surface area contributed by atoms with E-state index in [2.05, 4.69) is 5.32 Å². The number of nitrogens with two attached hydrogens (primary N) is 1. The standard InChI is InChI=1S/C18H24F2N2O.ClH/c19-15-5-2-6-16(20)14(15)7-8-22-18(23)13-9-11-3-1-4-12(10-13)17(11)21;/h2,5-6,11-13,17H,1,3-4,7-10,21H2,(H,22,23);1H. The molecule has 2 aliphatic rings. The molecular formula is C18H25ClF2N2O. The van der Waals surface area contributed by atoms with Crippen LogP contribution in [0.4, 0.5) is 8.78 Å². The summed E-state index contributed by atoms with van der Waals surface area (Å²) >= 11 is 0. The number of carbonyl (C=O) groups excluding carboxylic acids is 1. The first kappa shape index (κ1) is 19.1. The predicted octanol–water partition coefficient (Wildman–Crippen LogP) is 3.20. The Morgan fingerprint density at radius 2 is 1.75 bits per heavy atom. The molecule has 134 valence electrons. The fourth-order valence-corrected chi connectivity index (χ4v) is 4.23. The van der Waals surface area contributed by atoms with E-state index in [-0.39, 0.29) is 48.8 Å². The van der Waals surface area contributed by atoms with Crippen LogP contribution in [0.15, 0.2) is 18.2 Å². The minimum absolute atomic E-state index is 0. The number of rotatable bonds is 4. The van der Waals surface area contributed by atoms with Gasteiger partial charge in [0.25, 0.3) is 0 Å². The third-order valence-corrected chi connectivity index (χ3v) is 5.52. The number of nitrogens with one attached hydrogen (secondary N) is 1. The van der Waals surface area contributed by atoms with E-state index in [1.807, 2.05) is 0 Å². The van der Waals surface area contributed by atoms with Crippen molar-refractivity contribution < 1.29 is 13.6 Å². The summed E-state index contributed by atoms with van der Waals surface area (Å²) < 4.78 is 27.1. The van der Waals surface area contributed by atoms with Crippen LogP contribution in [0.2, 0.25) is 0 Å². The van der Waals surface area contributed by atoms with Gasteiger partial charge in [0.2, 0.25) is 5.91 Å². The lowest BCUT2D eigenvalue weighted by Gasteiger charge is -2.43. The lowest BCUT2D eigenvalue weighted by molar-refractivity contribution is -0.127. The SMILES string of the molecule is Cl.NC1C2CCCC1CC(C(=O)NCCc1c(F)cccc1F)C2. The second-order valence-electron chi connectivity index (χ2n) is 6.94. The molecule has 3 rings (SSSR count). The van der Waals surface area contributed by atoms with E-state index in [9.17, 15) is 13.6 Å². The van der Waals surface area contributed by atoms with Crippen molar-refractivity contribution in [1.82, 2.24) is 5.32 Å². The molecule has 0 saturated heterocycles. The maximum Gasteiger partial charge on any atom is 0.223 e. The molecule has 2 saturated carbocycles. The molecule has 1 aromatic carbocycles. The summed E-state index contributed by atoms with van der Waals surface area (Å²) in [6.45, 7) is 0.259. The predicted molar refractivity (Wildman–Crippen MR) is 91.9 cm³/mol. The molecular weight excluding hydrogens is 334 g/mol. The molecule has 1 amide bonds. The van der Waals surface area contributed by atoms with Gasteiger partial charge >= 0.3 is 0 Å². The van der Waals surface area contributed by atoms with E-state index >= 15 is 0 Å². The monoisotopic (exact) mass is 358 g/mol. The average Bonchev–Trinajstić information content (AvgIpc) is 2.49. The zero-order chi connectivity index (χ0) is 16.4. The maximum absolute atomic E-state index is 13.6. The quantitative estimate of drug-likeness (QED) is 0.868. The van der Waals surface area contributed by atoms with Crippen molar-refractivity contribution in [2.24, 2.45) is 23.5 Å². The van der Waals surface area contributed by atoms with Crippen molar-refractivity contribution in [3.63, 3.8) is 0 Å². The molecule has 2 unspecified atom stereocenters. The highest BCUT2D eigenvalue weighted by Crippen LogP contribution is 2.41. The van der Waals surface area contributed by atoms with Crippen LogP contribution in [0, 0.1) is 29.4 Å². The van der Waals surface area contributed by atoms with Crippen LogP contribution in [-0.2, 0) is 11.2 Å². The molecule has 0 spiro atoms. The zero-order valence-electron chi connectivity index (χ0n) is 13.6. The summed E-state index contributed by atoms with van der Waals surface area (Å²) in [5, 5.41) is 2.85. The van der Waals surface area contributed by atoms with Gasteiger partial charge in [0.1, 0.15) is 11.6 Å². The Morgan fingerprint density at radius 1 is 1.17 bits per heavy atom. The van der Waals surface area contributed by atoms with E-state index < -0.39 is 11.6 Å². The highest BCUT2D eigenvalue weighted by molar-refractivity contribution is 5.85. The molecule has 2 bridgehead atoms. The van der Waals surface area contributed by atoms with E-state index in [1.165, 1.54) is 24.6 Å². The molecule has 24 heavy (non-hydrogen) atoms. The fraction of sp³-hybridized carbons (Fsp3) is 0.611. The van der Waals surface area contributed by atoms with Crippen molar-refractivity contribution in [3.8, 4) is 0 Å². The minimum Gasteiger partial charge on any atom is -0.356 e. The van der Waals surface area contributed by atoms with Crippen molar-refractivity contribution in [2.45, 2.75) is 44.6 Å². The van der Waals surface area contributed by atoms with Crippen LogP contribution >= 0.6 is 12.4 Å². The number of amides is 1. The van der Waals surface area contributed by atoms with E-state index in [1.54, 1.807) is 0 Å². The van der Waals surface area contributed by atoms with Gasteiger partial charge in [-0.3, -0.25) is 4.79 Å². The van der Waals surface area contributed by atoms with Gasteiger partial charge in [0, 0.05) is 24.1 Å². The number of hydrogen-bond donors (Lipinski definition) is 2. The van der Waals surface area contributed by atoms with Gasteiger partial charge in [-0.1, -0.05) is 12.5 Å². The van der Waals surface area contributed by atoms with E-state index in [4.69, 9.17) is 5.73 Å². The molecule has 2 aliphatic carbocycles. The second kappa shape index (κ2) is 8.26. The fourth-order valence-electron chi connectivity index (χ4n) is 4.23. The molecule has 0 aliphatic heterocycles. The van der Waals surface area contributed by atoms with Crippen LogP contribution in [0.3, 0.4) is 0 Å². The highest BCUT2D eigenvalue weighted by atomic mass is 35.5. The summed E-state index contributed by atoms with van der Waals surface area (Å²) in [6, 6.07) is 4.06. The molecule has 3 N–H and O–H groups in total. The van der Waals surface area contributed by atoms with E-state index in [0.717, 1.165) is 25.7 Å². The Balaban J connectivity index is 0.00000208. The number of halogens is 3. The topological polar surface area (TPSA) is 55.1 Å². The normalized spacial score (nSPS) is 28.8. The van der Waals surface area contributed by atoms with Crippen LogP contribution in [-0.4, -0.2) is 18.5 Å². The van der Waals surface area contributed by atoms with Gasteiger partial charge < -0.3 is 11.1 Å². The minimum atomic E-state index is -0.558. The molecule has 2 fully saturated rings. The molecule has 0 heterocycles. The molecule has 6 heteroatoms. The van der Waals surface area contributed by atoms with Gasteiger partial charge in [-0.2, -0.15) is 0 Å².